The molecule has 1 aliphatic heterocycles. The number of rotatable bonds is 13. The normalized spacial score (nSPS) is 24.0. The molecule has 4 rings (SSSR count). The van der Waals surface area contributed by atoms with Crippen LogP contribution in [0.2, 0.25) is 0 Å². The Labute approximate surface area is 252 Å². The minimum atomic E-state index is -0.0913. The highest BCUT2D eigenvalue weighted by Crippen LogP contribution is 2.42. The summed E-state index contributed by atoms with van der Waals surface area (Å²) in [6, 6.07) is 14.2. The highest BCUT2D eigenvalue weighted by Gasteiger charge is 2.39. The van der Waals surface area contributed by atoms with Gasteiger partial charge in [0.25, 0.3) is 5.91 Å². The van der Waals surface area contributed by atoms with E-state index in [4.69, 9.17) is 18.9 Å². The predicted octanol–water partition coefficient (Wildman–Crippen LogP) is 6.15. The highest BCUT2D eigenvalue weighted by atomic mass is 16.5. The third-order valence-corrected chi connectivity index (χ3v) is 8.60. The van der Waals surface area contributed by atoms with Crippen LogP contribution < -0.4 is 14.8 Å². The Balaban J connectivity index is 1.49. The number of methoxy groups -OCH3 is 2. The van der Waals surface area contributed by atoms with E-state index in [1.54, 1.807) is 26.4 Å². The van der Waals surface area contributed by atoms with Crippen molar-refractivity contribution in [1.82, 2.24) is 10.2 Å². The summed E-state index contributed by atoms with van der Waals surface area (Å²) >= 11 is 0. The molecule has 2 aromatic carbocycles. The van der Waals surface area contributed by atoms with Gasteiger partial charge in [-0.2, -0.15) is 0 Å². The van der Waals surface area contributed by atoms with Gasteiger partial charge in [-0.15, -0.1) is 0 Å². The van der Waals surface area contributed by atoms with E-state index in [2.05, 4.69) is 70.3 Å². The van der Waals surface area contributed by atoms with E-state index < -0.39 is 0 Å². The zero-order valence-corrected chi connectivity index (χ0v) is 26.6. The summed E-state index contributed by atoms with van der Waals surface area (Å²) in [7, 11) is 3.28. The Morgan fingerprint density at radius 2 is 1.90 bits per heavy atom. The van der Waals surface area contributed by atoms with Crippen LogP contribution in [0.5, 0.6) is 11.5 Å². The molecular weight excluding hydrogens is 528 g/mol. The molecule has 1 amide bonds. The minimum Gasteiger partial charge on any atom is -0.493 e. The lowest BCUT2D eigenvalue weighted by Gasteiger charge is -2.39. The fourth-order valence-corrected chi connectivity index (χ4v) is 6.21. The van der Waals surface area contributed by atoms with Crippen molar-refractivity contribution >= 4 is 11.5 Å². The number of carbonyl (C=O) groups excluding carboxylic acids is 1. The molecule has 0 saturated carbocycles. The van der Waals surface area contributed by atoms with Gasteiger partial charge in [0.1, 0.15) is 0 Å². The Kier molecular flexibility index (Phi) is 11.1. The quantitative estimate of drug-likeness (QED) is 0.288. The molecule has 0 radical (unpaired) electrons. The molecule has 1 saturated heterocycles. The number of benzene rings is 2. The monoisotopic (exact) mass is 578 g/mol. The van der Waals surface area contributed by atoms with Crippen molar-refractivity contribution in [2.45, 2.75) is 72.1 Å². The molecule has 1 fully saturated rings. The maximum Gasteiger partial charge on any atom is 0.254 e. The van der Waals surface area contributed by atoms with Gasteiger partial charge in [0.2, 0.25) is 0 Å². The van der Waals surface area contributed by atoms with Gasteiger partial charge in [-0.1, -0.05) is 49.8 Å². The van der Waals surface area contributed by atoms with Gasteiger partial charge in [0, 0.05) is 50.2 Å². The summed E-state index contributed by atoms with van der Waals surface area (Å²) in [5.74, 6) is 1.66. The molecule has 0 aromatic heterocycles. The van der Waals surface area contributed by atoms with E-state index in [9.17, 15) is 4.79 Å². The number of carbonyl (C=O) groups is 1. The van der Waals surface area contributed by atoms with Crippen LogP contribution in [0.25, 0.3) is 5.57 Å². The summed E-state index contributed by atoms with van der Waals surface area (Å²) in [5, 5.41) is 3.49. The third-order valence-electron chi connectivity index (χ3n) is 8.60. The number of aryl methyl sites for hydroxylation is 1. The number of ether oxygens (including phenoxy) is 4. The summed E-state index contributed by atoms with van der Waals surface area (Å²) < 4.78 is 23.3. The maximum atomic E-state index is 14.0. The van der Waals surface area contributed by atoms with Gasteiger partial charge in [-0.25, -0.2) is 0 Å². The summed E-state index contributed by atoms with van der Waals surface area (Å²) in [4.78, 5) is 16.0. The molecule has 230 valence electrons. The van der Waals surface area contributed by atoms with E-state index in [0.29, 0.717) is 49.3 Å². The zero-order chi connectivity index (χ0) is 30.3. The number of nitrogens with zero attached hydrogens (tertiary/aromatic N) is 1. The Hall–Kier alpha value is -2.87. The van der Waals surface area contributed by atoms with Crippen LogP contribution in [0.15, 0.2) is 48.5 Å². The van der Waals surface area contributed by atoms with Crippen molar-refractivity contribution in [2.75, 3.05) is 47.1 Å². The van der Waals surface area contributed by atoms with Crippen LogP contribution in [0.3, 0.4) is 0 Å². The summed E-state index contributed by atoms with van der Waals surface area (Å²) in [6.07, 6.45) is 5.33. The second-order valence-electron chi connectivity index (χ2n) is 12.5. The lowest BCUT2D eigenvalue weighted by Crippen LogP contribution is -2.51. The first kappa shape index (κ1) is 32.1. The van der Waals surface area contributed by atoms with Gasteiger partial charge < -0.3 is 29.2 Å². The van der Waals surface area contributed by atoms with Crippen LogP contribution in [-0.2, 0) is 9.47 Å². The van der Waals surface area contributed by atoms with Crippen molar-refractivity contribution in [2.24, 2.45) is 11.3 Å². The van der Waals surface area contributed by atoms with Crippen LogP contribution >= 0.6 is 0 Å². The first-order chi connectivity index (χ1) is 20.2. The van der Waals surface area contributed by atoms with E-state index >= 15 is 0 Å². The lowest BCUT2D eigenvalue weighted by atomic mass is 9.72. The molecular formula is C35H50N2O5. The summed E-state index contributed by atoms with van der Waals surface area (Å²) in [6.45, 7) is 14.1. The van der Waals surface area contributed by atoms with E-state index in [1.807, 2.05) is 11.0 Å². The number of nitrogens with one attached hydrogen (secondary N) is 1. The van der Waals surface area contributed by atoms with E-state index in [1.165, 1.54) is 16.7 Å². The number of amides is 1. The van der Waals surface area contributed by atoms with Crippen LogP contribution in [0, 0.1) is 18.3 Å². The predicted molar refractivity (Wildman–Crippen MR) is 168 cm³/mol. The molecule has 1 heterocycles. The average molecular weight is 579 g/mol. The van der Waals surface area contributed by atoms with Crippen molar-refractivity contribution in [1.29, 1.82) is 0 Å². The molecule has 4 atom stereocenters. The van der Waals surface area contributed by atoms with Crippen molar-refractivity contribution in [3.05, 3.63) is 65.2 Å². The second-order valence-corrected chi connectivity index (χ2v) is 12.5. The van der Waals surface area contributed by atoms with Gasteiger partial charge >= 0.3 is 0 Å². The number of hydrogen-bond acceptors (Lipinski definition) is 6. The molecule has 42 heavy (non-hydrogen) atoms. The molecule has 2 aliphatic rings. The maximum absolute atomic E-state index is 14.0. The smallest absolute Gasteiger partial charge is 0.254 e. The van der Waals surface area contributed by atoms with Gasteiger partial charge in [-0.05, 0) is 68.9 Å². The van der Waals surface area contributed by atoms with Crippen LogP contribution in [-0.4, -0.2) is 76.1 Å². The van der Waals surface area contributed by atoms with Gasteiger partial charge in [0.15, 0.2) is 11.5 Å². The zero-order valence-electron chi connectivity index (χ0n) is 26.6. The minimum absolute atomic E-state index is 0.000564. The van der Waals surface area contributed by atoms with Gasteiger partial charge in [0.05, 0.1) is 32.5 Å². The van der Waals surface area contributed by atoms with Crippen LogP contribution in [0.4, 0.5) is 0 Å². The molecule has 7 nitrogen and oxygen atoms in total. The first-order valence-electron chi connectivity index (χ1n) is 15.4. The molecule has 2 aromatic rings. The summed E-state index contributed by atoms with van der Waals surface area (Å²) in [5.41, 5.74) is 4.53. The molecule has 3 unspecified atom stereocenters. The van der Waals surface area contributed by atoms with Crippen molar-refractivity contribution < 1.29 is 23.7 Å². The molecule has 0 bridgehead atoms. The van der Waals surface area contributed by atoms with Crippen molar-refractivity contribution in [3.8, 4) is 11.5 Å². The first-order valence-corrected chi connectivity index (χ1v) is 15.4. The fourth-order valence-electron chi connectivity index (χ4n) is 6.21. The third kappa shape index (κ3) is 7.74. The van der Waals surface area contributed by atoms with Crippen LogP contribution in [0.1, 0.15) is 68.4 Å². The Morgan fingerprint density at radius 1 is 1.10 bits per heavy atom. The molecule has 1 aliphatic carbocycles. The van der Waals surface area contributed by atoms with E-state index in [-0.39, 0.29) is 29.5 Å². The fraction of sp³-hybridized carbons (Fsp3) is 0.571. The highest BCUT2D eigenvalue weighted by molar-refractivity contribution is 5.95. The number of hydrogen-bond donors (Lipinski definition) is 1. The second kappa shape index (κ2) is 14.5. The lowest BCUT2D eigenvalue weighted by molar-refractivity contribution is -0.0224. The molecule has 1 N–H and O–H groups in total. The van der Waals surface area contributed by atoms with Crippen molar-refractivity contribution in [3.63, 3.8) is 0 Å². The topological polar surface area (TPSA) is 69.3 Å². The Bertz CT molecular complexity index is 1230. The standard InChI is InChI=1S/C35H50N2O5/c1-24(2)37(34(38)28-12-13-31(40-7)32(19-28)41-17-9-16-39-6)30-21-36-22-33(30)42-23-35(5)15-14-26(4)29(20-35)27-11-8-10-25(3)18-27/h8,10-13,18-20,24,26,30,33,36H,9,14-17,21-23H2,1-7H3/t26?,30-,33?,35?/m1/s1. The molecule has 7 heteroatoms. The largest absolute Gasteiger partial charge is 0.493 e. The average Bonchev–Trinajstić information content (AvgIpc) is 3.43. The number of allylic oxidation sites excluding steroid dienone is 1. The Morgan fingerprint density at radius 3 is 2.62 bits per heavy atom. The van der Waals surface area contributed by atoms with Gasteiger partial charge in [-0.3, -0.25) is 4.79 Å². The molecule has 0 spiro atoms. The van der Waals surface area contributed by atoms with E-state index in [0.717, 1.165) is 25.8 Å². The SMILES string of the molecule is COCCCOc1cc(C(=O)N(C(C)C)[C@@H]2CNCC2OCC2(C)C=C(c3cccc(C)c3)C(C)CC2)ccc1OC.